The van der Waals surface area contributed by atoms with Crippen molar-refractivity contribution in [2.24, 2.45) is 5.92 Å². The molecular formula is C18H33N3O2. The highest BCUT2D eigenvalue weighted by atomic mass is 16.3. The van der Waals surface area contributed by atoms with Crippen LogP contribution in [-0.2, 0) is 4.79 Å². The van der Waals surface area contributed by atoms with E-state index < -0.39 is 0 Å². The minimum atomic E-state index is -0.264. The monoisotopic (exact) mass is 323 g/mol. The van der Waals surface area contributed by atoms with Gasteiger partial charge in [0.2, 0.25) is 5.91 Å². The molecule has 2 aliphatic heterocycles. The topological polar surface area (TPSA) is 47.0 Å². The van der Waals surface area contributed by atoms with Crippen molar-refractivity contribution >= 4 is 5.91 Å². The minimum absolute atomic E-state index is 0.264. The number of fused-ring (bicyclic) bond motifs is 1. The quantitative estimate of drug-likeness (QED) is 0.844. The van der Waals surface area contributed by atoms with Gasteiger partial charge in [0.25, 0.3) is 0 Å². The van der Waals surface area contributed by atoms with Crippen molar-refractivity contribution in [1.82, 2.24) is 14.7 Å². The molecule has 0 aromatic rings. The smallest absolute Gasteiger partial charge is 0.237 e. The van der Waals surface area contributed by atoms with Gasteiger partial charge >= 0.3 is 0 Å². The van der Waals surface area contributed by atoms with Gasteiger partial charge in [0, 0.05) is 45.3 Å². The van der Waals surface area contributed by atoms with Crippen LogP contribution in [-0.4, -0.2) is 83.7 Å². The zero-order chi connectivity index (χ0) is 16.2. The summed E-state index contributed by atoms with van der Waals surface area (Å²) in [6.07, 6.45) is 7.45. The Hall–Kier alpha value is -0.650. The van der Waals surface area contributed by atoms with E-state index in [4.69, 9.17) is 0 Å². The SMILES string of the molecule is C[C@H](O)CN1CCN(CC(=O)N2CCC[C@@H]3CCCC[C@H]32)CC1. The number of piperidine rings is 1. The molecule has 1 N–H and O–H groups in total. The molecule has 3 rings (SSSR count). The highest BCUT2D eigenvalue weighted by Gasteiger charge is 2.36. The number of hydrogen-bond donors (Lipinski definition) is 1. The van der Waals surface area contributed by atoms with Gasteiger partial charge in [-0.2, -0.15) is 0 Å². The molecular weight excluding hydrogens is 290 g/mol. The predicted octanol–water partition coefficient (Wildman–Crippen LogP) is 1.17. The lowest BCUT2D eigenvalue weighted by atomic mass is 9.78. The number of aliphatic hydroxyl groups is 1. The largest absolute Gasteiger partial charge is 0.392 e. The molecule has 0 unspecified atom stereocenters. The van der Waals surface area contributed by atoms with Gasteiger partial charge in [-0.15, -0.1) is 0 Å². The molecule has 0 bridgehead atoms. The Balaban J connectivity index is 1.47. The van der Waals surface area contributed by atoms with Crippen molar-refractivity contribution in [3.8, 4) is 0 Å². The van der Waals surface area contributed by atoms with E-state index in [2.05, 4.69) is 14.7 Å². The second kappa shape index (κ2) is 7.95. The highest BCUT2D eigenvalue weighted by molar-refractivity contribution is 5.78. The molecule has 5 nitrogen and oxygen atoms in total. The zero-order valence-electron chi connectivity index (χ0n) is 14.6. The Bertz CT molecular complexity index is 392. The minimum Gasteiger partial charge on any atom is -0.392 e. The maximum atomic E-state index is 12.8. The van der Waals surface area contributed by atoms with E-state index in [0.29, 0.717) is 18.5 Å². The Labute approximate surface area is 140 Å². The van der Waals surface area contributed by atoms with Gasteiger partial charge in [-0.1, -0.05) is 12.8 Å². The molecule has 2 heterocycles. The molecule has 0 radical (unpaired) electrons. The van der Waals surface area contributed by atoms with Crippen molar-refractivity contribution < 1.29 is 9.90 Å². The maximum absolute atomic E-state index is 12.8. The van der Waals surface area contributed by atoms with Crippen LogP contribution in [0, 0.1) is 5.92 Å². The van der Waals surface area contributed by atoms with Crippen LogP contribution in [0.5, 0.6) is 0 Å². The summed E-state index contributed by atoms with van der Waals surface area (Å²) in [5, 5.41) is 9.48. The Morgan fingerprint density at radius 3 is 2.39 bits per heavy atom. The van der Waals surface area contributed by atoms with Crippen molar-refractivity contribution in [2.45, 2.75) is 57.6 Å². The number of amides is 1. The van der Waals surface area contributed by atoms with Crippen LogP contribution in [0.3, 0.4) is 0 Å². The molecule has 2 saturated heterocycles. The summed E-state index contributed by atoms with van der Waals surface area (Å²) < 4.78 is 0. The van der Waals surface area contributed by atoms with Gasteiger partial charge in [-0.05, 0) is 38.5 Å². The average Bonchev–Trinajstić information content (AvgIpc) is 2.55. The Morgan fingerprint density at radius 1 is 1.00 bits per heavy atom. The number of aliphatic hydroxyl groups excluding tert-OH is 1. The molecule has 0 spiro atoms. The lowest BCUT2D eigenvalue weighted by Gasteiger charge is -2.45. The zero-order valence-corrected chi connectivity index (χ0v) is 14.6. The number of carbonyl (C=O) groups is 1. The fraction of sp³-hybridized carbons (Fsp3) is 0.944. The van der Waals surface area contributed by atoms with E-state index in [-0.39, 0.29) is 6.10 Å². The molecule has 3 fully saturated rings. The van der Waals surface area contributed by atoms with E-state index in [1.165, 1.54) is 38.5 Å². The van der Waals surface area contributed by atoms with Crippen molar-refractivity contribution in [3.05, 3.63) is 0 Å². The molecule has 0 aromatic carbocycles. The predicted molar refractivity (Wildman–Crippen MR) is 91.3 cm³/mol. The number of carbonyl (C=O) groups excluding carboxylic acids is 1. The summed E-state index contributed by atoms with van der Waals surface area (Å²) in [6.45, 7) is 7.97. The van der Waals surface area contributed by atoms with Crippen molar-refractivity contribution in [3.63, 3.8) is 0 Å². The van der Waals surface area contributed by atoms with Crippen LogP contribution >= 0.6 is 0 Å². The number of hydrogen-bond acceptors (Lipinski definition) is 4. The Kier molecular flexibility index (Phi) is 5.94. The fourth-order valence-corrected chi connectivity index (χ4v) is 4.72. The number of β-amino-alcohol motifs (C(OH)–C–C–N with tert-alkyl or cyclic N) is 1. The first-order valence-corrected chi connectivity index (χ1v) is 9.55. The van der Waals surface area contributed by atoms with E-state index >= 15 is 0 Å². The van der Waals surface area contributed by atoms with E-state index in [0.717, 1.165) is 45.2 Å². The normalized spacial score (nSPS) is 31.7. The molecule has 3 atom stereocenters. The first-order valence-electron chi connectivity index (χ1n) is 9.55. The van der Waals surface area contributed by atoms with Crippen LogP contribution < -0.4 is 0 Å². The molecule has 0 aromatic heterocycles. The van der Waals surface area contributed by atoms with Crippen LogP contribution in [0.4, 0.5) is 0 Å². The summed E-state index contributed by atoms with van der Waals surface area (Å²) in [5.41, 5.74) is 0. The van der Waals surface area contributed by atoms with Gasteiger partial charge < -0.3 is 10.0 Å². The van der Waals surface area contributed by atoms with Gasteiger partial charge in [-0.3, -0.25) is 14.6 Å². The molecule has 1 aliphatic carbocycles. The first-order chi connectivity index (χ1) is 11.1. The van der Waals surface area contributed by atoms with Gasteiger partial charge in [0.05, 0.1) is 12.6 Å². The van der Waals surface area contributed by atoms with E-state index in [1.807, 2.05) is 6.92 Å². The lowest BCUT2D eigenvalue weighted by molar-refractivity contribution is -0.139. The number of nitrogens with zero attached hydrogens (tertiary/aromatic N) is 3. The Morgan fingerprint density at radius 2 is 1.65 bits per heavy atom. The summed E-state index contributed by atoms with van der Waals surface area (Å²) in [6, 6.07) is 0.529. The van der Waals surface area contributed by atoms with E-state index in [9.17, 15) is 9.90 Å². The molecule has 1 amide bonds. The average molecular weight is 323 g/mol. The number of likely N-dealkylation sites (tertiary alicyclic amines) is 1. The second-order valence-electron chi connectivity index (χ2n) is 7.77. The standard InChI is InChI=1S/C18H33N3O2/c1-15(22)13-19-9-11-20(12-10-19)14-18(23)21-8-4-6-16-5-2-3-7-17(16)21/h15-17,22H,2-14H2,1H3/t15-,16-,17+/m0/s1. The summed E-state index contributed by atoms with van der Waals surface area (Å²) >= 11 is 0. The van der Waals surface area contributed by atoms with Crippen LogP contribution in [0.15, 0.2) is 0 Å². The molecule has 5 heteroatoms. The number of rotatable bonds is 4. The van der Waals surface area contributed by atoms with Crippen LogP contribution in [0.1, 0.15) is 45.4 Å². The fourth-order valence-electron chi connectivity index (χ4n) is 4.72. The summed E-state index contributed by atoms with van der Waals surface area (Å²) in [7, 11) is 0. The summed E-state index contributed by atoms with van der Waals surface area (Å²) in [5.74, 6) is 1.12. The molecule has 23 heavy (non-hydrogen) atoms. The van der Waals surface area contributed by atoms with Crippen LogP contribution in [0.25, 0.3) is 0 Å². The third-order valence-corrected chi connectivity index (χ3v) is 5.91. The maximum Gasteiger partial charge on any atom is 0.237 e. The van der Waals surface area contributed by atoms with Crippen molar-refractivity contribution in [1.29, 1.82) is 0 Å². The lowest BCUT2D eigenvalue weighted by Crippen LogP contribution is -2.55. The number of piperazine rings is 1. The second-order valence-corrected chi connectivity index (χ2v) is 7.77. The van der Waals surface area contributed by atoms with Crippen LogP contribution in [0.2, 0.25) is 0 Å². The third-order valence-electron chi connectivity index (χ3n) is 5.91. The molecule has 132 valence electrons. The van der Waals surface area contributed by atoms with Gasteiger partial charge in [-0.25, -0.2) is 0 Å². The van der Waals surface area contributed by atoms with Gasteiger partial charge in [0.15, 0.2) is 0 Å². The summed E-state index contributed by atoms with van der Waals surface area (Å²) in [4.78, 5) is 19.6. The molecule has 1 saturated carbocycles. The third kappa shape index (κ3) is 4.46. The van der Waals surface area contributed by atoms with Crippen molar-refractivity contribution in [2.75, 3.05) is 45.8 Å². The highest BCUT2D eigenvalue weighted by Crippen LogP contribution is 2.35. The molecule has 3 aliphatic rings. The first kappa shape index (κ1) is 17.2. The van der Waals surface area contributed by atoms with Gasteiger partial charge in [0.1, 0.15) is 0 Å². The van der Waals surface area contributed by atoms with E-state index in [1.54, 1.807) is 0 Å².